The number of benzene rings is 2. The van der Waals surface area contributed by atoms with Crippen LogP contribution in [0.15, 0.2) is 42.5 Å². The molecular formula is C30H46O3Si. The van der Waals surface area contributed by atoms with Crippen LogP contribution < -0.4 is 0 Å². The highest BCUT2D eigenvalue weighted by Crippen LogP contribution is 2.42. The quantitative estimate of drug-likeness (QED) is 0.252. The van der Waals surface area contributed by atoms with E-state index in [2.05, 4.69) is 85.8 Å². The maximum Gasteiger partial charge on any atom is 0.337 e. The Balaban J connectivity index is 2.26. The number of esters is 1. The summed E-state index contributed by atoms with van der Waals surface area (Å²) in [4.78, 5) is 12.0. The van der Waals surface area contributed by atoms with Crippen molar-refractivity contribution < 1.29 is 14.0 Å². The van der Waals surface area contributed by atoms with Gasteiger partial charge in [-0.25, -0.2) is 4.79 Å². The summed E-state index contributed by atoms with van der Waals surface area (Å²) in [5.74, 6) is -0.284. The Morgan fingerprint density at radius 3 is 2.29 bits per heavy atom. The Kier molecular flexibility index (Phi) is 9.34. The molecule has 0 bridgehead atoms. The molecule has 0 aliphatic carbocycles. The van der Waals surface area contributed by atoms with Gasteiger partial charge in [-0.3, -0.25) is 0 Å². The average molecular weight is 483 g/mol. The Labute approximate surface area is 209 Å². The molecule has 2 rings (SSSR count). The zero-order chi connectivity index (χ0) is 25.7. The molecule has 0 aliphatic heterocycles. The van der Waals surface area contributed by atoms with Crippen LogP contribution in [0.25, 0.3) is 0 Å². The van der Waals surface area contributed by atoms with E-state index in [1.165, 1.54) is 29.4 Å². The van der Waals surface area contributed by atoms with Gasteiger partial charge < -0.3 is 9.16 Å². The number of hydrogen-bond acceptors (Lipinski definition) is 3. The summed E-state index contributed by atoms with van der Waals surface area (Å²) in [6, 6.07) is 14.7. The van der Waals surface area contributed by atoms with Crippen molar-refractivity contribution in [2.24, 2.45) is 5.41 Å². The summed E-state index contributed by atoms with van der Waals surface area (Å²) >= 11 is 0. The lowest BCUT2D eigenvalue weighted by Gasteiger charge is -2.40. The summed E-state index contributed by atoms with van der Waals surface area (Å²) in [7, 11) is -0.511. The first kappa shape index (κ1) is 28.3. The highest BCUT2D eigenvalue weighted by Gasteiger charge is 2.39. The number of methoxy groups -OCH3 is 1. The molecule has 188 valence electrons. The van der Waals surface area contributed by atoms with Crippen molar-refractivity contribution in [2.45, 2.75) is 98.4 Å². The van der Waals surface area contributed by atoms with E-state index in [1.54, 1.807) is 0 Å². The number of rotatable bonds is 10. The maximum atomic E-state index is 12.0. The summed E-state index contributed by atoms with van der Waals surface area (Å²) in [6.07, 6.45) is 4.03. The molecule has 0 amide bonds. The monoisotopic (exact) mass is 482 g/mol. The first-order valence-corrected chi connectivity index (χ1v) is 15.5. The van der Waals surface area contributed by atoms with E-state index in [0.717, 1.165) is 25.7 Å². The molecule has 4 heteroatoms. The minimum absolute atomic E-state index is 0.0715. The topological polar surface area (TPSA) is 35.5 Å². The van der Waals surface area contributed by atoms with E-state index in [-0.39, 0.29) is 22.5 Å². The van der Waals surface area contributed by atoms with Crippen LogP contribution in [0.4, 0.5) is 0 Å². The Hall–Kier alpha value is -1.91. The summed E-state index contributed by atoms with van der Waals surface area (Å²) in [5.41, 5.74) is 5.90. The zero-order valence-electron chi connectivity index (χ0n) is 23.2. The molecule has 0 heterocycles. The number of ether oxygens (including phenoxy) is 1. The second-order valence-electron chi connectivity index (χ2n) is 12.0. The summed E-state index contributed by atoms with van der Waals surface area (Å²) in [5, 5.41) is 0.160. The lowest BCUT2D eigenvalue weighted by molar-refractivity contribution is 0.0600. The molecule has 3 nitrogen and oxygen atoms in total. The van der Waals surface area contributed by atoms with Crippen molar-refractivity contribution in [2.75, 3.05) is 7.11 Å². The second kappa shape index (κ2) is 11.2. The van der Waals surface area contributed by atoms with Crippen LogP contribution in [0, 0.1) is 12.3 Å². The third-order valence-corrected chi connectivity index (χ3v) is 12.0. The van der Waals surface area contributed by atoms with E-state index in [0.29, 0.717) is 5.56 Å². The van der Waals surface area contributed by atoms with Gasteiger partial charge >= 0.3 is 5.97 Å². The molecular weight excluding hydrogens is 436 g/mol. The highest BCUT2D eigenvalue weighted by atomic mass is 28.4. The van der Waals surface area contributed by atoms with Crippen LogP contribution in [-0.2, 0) is 22.0 Å². The predicted molar refractivity (Wildman–Crippen MR) is 146 cm³/mol. The predicted octanol–water partition coefficient (Wildman–Crippen LogP) is 8.46. The van der Waals surface area contributed by atoms with E-state index in [4.69, 9.17) is 9.16 Å². The lowest BCUT2D eigenvalue weighted by atomic mass is 9.80. The largest absolute Gasteiger partial charge is 0.465 e. The van der Waals surface area contributed by atoms with Crippen LogP contribution in [0.3, 0.4) is 0 Å². The van der Waals surface area contributed by atoms with Crippen molar-refractivity contribution in [3.63, 3.8) is 0 Å². The molecule has 0 saturated carbocycles. The fourth-order valence-corrected chi connectivity index (χ4v) is 5.51. The molecule has 0 fully saturated rings. The van der Waals surface area contributed by atoms with Crippen LogP contribution in [0.1, 0.15) is 93.1 Å². The molecule has 0 saturated heterocycles. The van der Waals surface area contributed by atoms with Crippen LogP contribution >= 0.6 is 0 Å². The number of carbonyl (C=O) groups excluding carboxylic acids is 1. The Morgan fingerprint density at radius 2 is 1.71 bits per heavy atom. The van der Waals surface area contributed by atoms with Crippen molar-refractivity contribution in [1.29, 1.82) is 0 Å². The molecule has 0 radical (unpaired) electrons. The molecule has 0 unspecified atom stereocenters. The smallest absolute Gasteiger partial charge is 0.337 e. The van der Waals surface area contributed by atoms with Gasteiger partial charge in [0.2, 0.25) is 0 Å². The molecule has 34 heavy (non-hydrogen) atoms. The summed E-state index contributed by atoms with van der Waals surface area (Å²) in [6.45, 7) is 20.7. The number of hydrogen-bond donors (Lipinski definition) is 0. The van der Waals surface area contributed by atoms with E-state index in [9.17, 15) is 4.79 Å². The third-order valence-electron chi connectivity index (χ3n) is 7.48. The summed E-state index contributed by atoms with van der Waals surface area (Å²) < 4.78 is 11.9. The minimum atomic E-state index is -1.94. The minimum Gasteiger partial charge on any atom is -0.465 e. The van der Waals surface area contributed by atoms with Crippen molar-refractivity contribution >= 4 is 14.3 Å². The van der Waals surface area contributed by atoms with Gasteiger partial charge in [-0.15, -0.1) is 0 Å². The van der Waals surface area contributed by atoms with Gasteiger partial charge in [-0.05, 0) is 90.5 Å². The van der Waals surface area contributed by atoms with Gasteiger partial charge in [0.25, 0.3) is 0 Å². The molecule has 1 atom stereocenters. The van der Waals surface area contributed by atoms with Crippen molar-refractivity contribution in [1.82, 2.24) is 0 Å². The fourth-order valence-electron chi connectivity index (χ4n) is 4.19. The normalized spacial score (nSPS) is 13.6. The Bertz CT molecular complexity index is 969. The van der Waals surface area contributed by atoms with Gasteiger partial charge in [-0.2, -0.15) is 0 Å². The van der Waals surface area contributed by atoms with Crippen LogP contribution in [0.5, 0.6) is 0 Å². The average Bonchev–Trinajstić information content (AvgIpc) is 2.75. The Morgan fingerprint density at radius 1 is 1.03 bits per heavy atom. The van der Waals surface area contributed by atoms with Gasteiger partial charge in [-0.1, -0.05) is 71.9 Å². The van der Waals surface area contributed by atoms with E-state index < -0.39 is 8.32 Å². The van der Waals surface area contributed by atoms with Crippen LogP contribution in [0.2, 0.25) is 18.1 Å². The molecule has 0 N–H and O–H groups in total. The van der Waals surface area contributed by atoms with E-state index >= 15 is 0 Å². The van der Waals surface area contributed by atoms with Gasteiger partial charge in [0, 0.05) is 0 Å². The van der Waals surface area contributed by atoms with Crippen molar-refractivity contribution in [3.05, 3.63) is 70.3 Å². The second-order valence-corrected chi connectivity index (χ2v) is 16.7. The SMILES string of the molecule is CCc1cc([C@H](CCC(C)(C)Cc2cccc(C(=O)OC)c2)O[Si](C)(C)C(C)(C)C)ccc1C. The number of carbonyl (C=O) groups is 1. The first-order chi connectivity index (χ1) is 15.7. The first-order valence-electron chi connectivity index (χ1n) is 12.6. The fraction of sp³-hybridized carbons (Fsp3) is 0.567. The molecule has 0 spiro atoms. The molecule has 0 aromatic heterocycles. The standard InChI is InChI=1S/C30H46O3Si/c1-11-24-20-25(16-15-22(24)2)27(33-34(9,10)29(3,4)5)17-18-30(6,7)21-23-13-12-14-26(19-23)28(31)32-8/h12-16,19-20,27H,11,17-18,21H2,1-10H3/t27-/m0/s1. The van der Waals surface area contributed by atoms with Crippen molar-refractivity contribution in [3.8, 4) is 0 Å². The van der Waals surface area contributed by atoms with Gasteiger partial charge in [0.1, 0.15) is 0 Å². The zero-order valence-corrected chi connectivity index (χ0v) is 24.2. The molecule has 0 aliphatic rings. The molecule has 2 aromatic rings. The van der Waals surface area contributed by atoms with Crippen LogP contribution in [-0.4, -0.2) is 21.4 Å². The maximum absolute atomic E-state index is 12.0. The number of aryl methyl sites for hydroxylation is 2. The lowest BCUT2D eigenvalue weighted by Crippen LogP contribution is -2.42. The molecule has 2 aromatic carbocycles. The highest BCUT2D eigenvalue weighted by molar-refractivity contribution is 6.74. The third kappa shape index (κ3) is 7.54. The van der Waals surface area contributed by atoms with Gasteiger partial charge in [0.15, 0.2) is 8.32 Å². The van der Waals surface area contributed by atoms with Gasteiger partial charge in [0.05, 0.1) is 18.8 Å². The van der Waals surface area contributed by atoms with E-state index in [1.807, 2.05) is 18.2 Å².